The minimum Gasteiger partial charge on any atom is -0.313 e. The van der Waals surface area contributed by atoms with Crippen LogP contribution in [0.5, 0.6) is 0 Å². The van der Waals surface area contributed by atoms with Gasteiger partial charge in [0.05, 0.1) is 5.69 Å². The first-order valence-corrected chi connectivity index (χ1v) is 8.06. The van der Waals surface area contributed by atoms with Crippen LogP contribution in [0.15, 0.2) is 22.8 Å². The minimum atomic E-state index is 0.625. The number of nitrogens with one attached hydrogen (secondary N) is 1. The molecule has 1 aliphatic rings. The predicted molar refractivity (Wildman–Crippen MR) is 83.1 cm³/mol. The van der Waals surface area contributed by atoms with Gasteiger partial charge in [-0.3, -0.25) is 9.88 Å². The molecule has 0 bridgehead atoms. The fraction of sp³-hybridized carbons (Fsp3) is 0.667. The molecule has 2 heterocycles. The molecule has 0 spiro atoms. The molecular weight excluding hydrogens is 302 g/mol. The van der Waals surface area contributed by atoms with Gasteiger partial charge in [-0.25, -0.2) is 0 Å². The van der Waals surface area contributed by atoms with Crippen LogP contribution >= 0.6 is 15.9 Å². The normalized spacial score (nSPS) is 25.2. The van der Waals surface area contributed by atoms with E-state index in [1.54, 1.807) is 0 Å². The Morgan fingerprint density at radius 1 is 1.47 bits per heavy atom. The van der Waals surface area contributed by atoms with E-state index < -0.39 is 0 Å². The Balaban J connectivity index is 2.00. The van der Waals surface area contributed by atoms with Gasteiger partial charge in [-0.2, -0.15) is 0 Å². The molecule has 2 rings (SSSR count). The van der Waals surface area contributed by atoms with Crippen molar-refractivity contribution < 1.29 is 0 Å². The highest BCUT2D eigenvalue weighted by atomic mass is 79.9. The first-order valence-electron chi connectivity index (χ1n) is 7.27. The molecule has 1 aromatic rings. The van der Waals surface area contributed by atoms with Gasteiger partial charge in [-0.05, 0) is 54.4 Å². The quantitative estimate of drug-likeness (QED) is 0.921. The summed E-state index contributed by atoms with van der Waals surface area (Å²) in [6, 6.07) is 5.45. The van der Waals surface area contributed by atoms with Crippen LogP contribution in [0, 0.1) is 0 Å². The van der Waals surface area contributed by atoms with E-state index in [1.807, 2.05) is 6.20 Å². The molecule has 1 fully saturated rings. The molecule has 0 aromatic carbocycles. The van der Waals surface area contributed by atoms with E-state index in [0.717, 1.165) is 29.8 Å². The van der Waals surface area contributed by atoms with E-state index in [9.17, 15) is 0 Å². The monoisotopic (exact) mass is 325 g/mol. The maximum absolute atomic E-state index is 4.50. The average molecular weight is 326 g/mol. The SMILES string of the molecule is CCCC1CN(Cc2ccc(Br)cn2)C(C)CCN1. The second-order valence-electron chi connectivity index (χ2n) is 5.47. The van der Waals surface area contributed by atoms with E-state index in [2.05, 4.69) is 57.1 Å². The van der Waals surface area contributed by atoms with Gasteiger partial charge >= 0.3 is 0 Å². The second kappa shape index (κ2) is 7.36. The molecule has 4 heteroatoms. The molecule has 0 amide bonds. The summed E-state index contributed by atoms with van der Waals surface area (Å²) >= 11 is 3.44. The van der Waals surface area contributed by atoms with Crippen molar-refractivity contribution in [2.75, 3.05) is 13.1 Å². The third kappa shape index (κ3) is 4.55. The Morgan fingerprint density at radius 3 is 3.00 bits per heavy atom. The molecule has 1 N–H and O–H groups in total. The Morgan fingerprint density at radius 2 is 2.32 bits per heavy atom. The lowest BCUT2D eigenvalue weighted by atomic mass is 10.1. The van der Waals surface area contributed by atoms with Crippen molar-refractivity contribution in [2.45, 2.75) is 51.7 Å². The smallest absolute Gasteiger partial charge is 0.0544 e. The number of hydrogen-bond acceptors (Lipinski definition) is 3. The van der Waals surface area contributed by atoms with Crippen LogP contribution in [-0.2, 0) is 6.54 Å². The van der Waals surface area contributed by atoms with Crippen LogP contribution in [-0.4, -0.2) is 35.1 Å². The molecule has 0 aliphatic carbocycles. The van der Waals surface area contributed by atoms with Gasteiger partial charge < -0.3 is 5.32 Å². The molecule has 1 aliphatic heterocycles. The molecule has 1 aromatic heterocycles. The number of rotatable bonds is 4. The highest BCUT2D eigenvalue weighted by Crippen LogP contribution is 2.16. The molecule has 0 radical (unpaired) electrons. The van der Waals surface area contributed by atoms with Crippen molar-refractivity contribution >= 4 is 15.9 Å². The largest absolute Gasteiger partial charge is 0.313 e. The molecule has 106 valence electrons. The Labute approximate surface area is 124 Å². The van der Waals surface area contributed by atoms with Gasteiger partial charge in [0, 0.05) is 35.8 Å². The fourth-order valence-corrected chi connectivity index (χ4v) is 2.91. The lowest BCUT2D eigenvalue weighted by molar-refractivity contribution is 0.191. The first kappa shape index (κ1) is 14.9. The molecule has 2 unspecified atom stereocenters. The van der Waals surface area contributed by atoms with Crippen molar-refractivity contribution in [3.63, 3.8) is 0 Å². The highest BCUT2D eigenvalue weighted by Gasteiger charge is 2.22. The van der Waals surface area contributed by atoms with Crippen LogP contribution in [0.2, 0.25) is 0 Å². The molecule has 1 saturated heterocycles. The van der Waals surface area contributed by atoms with Gasteiger partial charge in [0.25, 0.3) is 0 Å². The third-order valence-electron chi connectivity index (χ3n) is 3.86. The van der Waals surface area contributed by atoms with Crippen molar-refractivity contribution in [1.82, 2.24) is 15.2 Å². The molecular formula is C15H24BrN3. The zero-order chi connectivity index (χ0) is 13.7. The maximum Gasteiger partial charge on any atom is 0.0544 e. The standard InChI is InChI=1S/C15H24BrN3/c1-3-4-14-10-19(12(2)7-8-17-14)11-15-6-5-13(16)9-18-15/h5-6,9,12,14,17H,3-4,7-8,10-11H2,1-2H3. The van der Waals surface area contributed by atoms with Crippen molar-refractivity contribution in [3.8, 4) is 0 Å². The van der Waals surface area contributed by atoms with Crippen LogP contribution in [0.4, 0.5) is 0 Å². The number of aromatic nitrogens is 1. The number of pyridine rings is 1. The lowest BCUT2D eigenvalue weighted by Crippen LogP contribution is -2.39. The summed E-state index contributed by atoms with van der Waals surface area (Å²) in [7, 11) is 0. The number of nitrogens with zero attached hydrogens (tertiary/aromatic N) is 2. The van der Waals surface area contributed by atoms with Gasteiger partial charge in [-0.1, -0.05) is 13.3 Å². The van der Waals surface area contributed by atoms with Gasteiger partial charge in [0.15, 0.2) is 0 Å². The van der Waals surface area contributed by atoms with Crippen LogP contribution in [0.1, 0.15) is 38.8 Å². The lowest BCUT2D eigenvalue weighted by Gasteiger charge is -2.28. The van der Waals surface area contributed by atoms with Gasteiger partial charge in [-0.15, -0.1) is 0 Å². The first-order chi connectivity index (χ1) is 9.19. The zero-order valence-corrected chi connectivity index (χ0v) is 13.5. The summed E-state index contributed by atoms with van der Waals surface area (Å²) in [6.45, 7) is 7.81. The van der Waals surface area contributed by atoms with Crippen LogP contribution < -0.4 is 5.32 Å². The minimum absolute atomic E-state index is 0.625. The summed E-state index contributed by atoms with van der Waals surface area (Å²) in [5, 5.41) is 3.67. The van der Waals surface area contributed by atoms with Gasteiger partial charge in [0.2, 0.25) is 0 Å². The zero-order valence-electron chi connectivity index (χ0n) is 11.9. The number of halogens is 1. The summed E-state index contributed by atoms with van der Waals surface area (Å²) in [4.78, 5) is 7.07. The van der Waals surface area contributed by atoms with Crippen molar-refractivity contribution in [3.05, 3.63) is 28.5 Å². The number of hydrogen-bond donors (Lipinski definition) is 1. The van der Waals surface area contributed by atoms with E-state index in [-0.39, 0.29) is 0 Å². The Hall–Kier alpha value is -0.450. The highest BCUT2D eigenvalue weighted by molar-refractivity contribution is 9.10. The summed E-state index contributed by atoms with van der Waals surface area (Å²) in [5.74, 6) is 0. The predicted octanol–water partition coefficient (Wildman–Crippen LogP) is 3.20. The third-order valence-corrected chi connectivity index (χ3v) is 4.33. The summed E-state index contributed by atoms with van der Waals surface area (Å²) < 4.78 is 1.05. The van der Waals surface area contributed by atoms with E-state index in [4.69, 9.17) is 0 Å². The van der Waals surface area contributed by atoms with E-state index in [0.29, 0.717) is 12.1 Å². The van der Waals surface area contributed by atoms with Crippen molar-refractivity contribution in [2.24, 2.45) is 0 Å². The van der Waals surface area contributed by atoms with Crippen LogP contribution in [0.25, 0.3) is 0 Å². The average Bonchev–Trinajstić information content (AvgIpc) is 2.56. The summed E-state index contributed by atoms with van der Waals surface area (Å²) in [5.41, 5.74) is 1.16. The van der Waals surface area contributed by atoms with Gasteiger partial charge in [0.1, 0.15) is 0 Å². The maximum atomic E-state index is 4.50. The van der Waals surface area contributed by atoms with E-state index in [1.165, 1.54) is 19.3 Å². The van der Waals surface area contributed by atoms with Crippen LogP contribution in [0.3, 0.4) is 0 Å². The second-order valence-corrected chi connectivity index (χ2v) is 6.39. The topological polar surface area (TPSA) is 28.2 Å². The Kier molecular flexibility index (Phi) is 5.79. The molecule has 2 atom stereocenters. The van der Waals surface area contributed by atoms with E-state index >= 15 is 0 Å². The fourth-order valence-electron chi connectivity index (χ4n) is 2.68. The summed E-state index contributed by atoms with van der Waals surface area (Å²) in [6.07, 6.45) is 5.61. The molecule has 0 saturated carbocycles. The molecule has 3 nitrogen and oxygen atoms in total. The Bertz CT molecular complexity index is 379. The van der Waals surface area contributed by atoms with Crippen molar-refractivity contribution in [1.29, 1.82) is 0 Å². The molecule has 19 heavy (non-hydrogen) atoms.